The van der Waals surface area contributed by atoms with Crippen LogP contribution in [-0.2, 0) is 14.3 Å². The van der Waals surface area contributed by atoms with Crippen molar-refractivity contribution in [1.82, 2.24) is 5.32 Å². The second kappa shape index (κ2) is 6.37. The molecule has 5 atom stereocenters. The second-order valence-electron chi connectivity index (χ2n) is 5.53. The number of carboxylic acids is 1. The fraction of sp³-hybridized carbons (Fsp3) is 0.714. The SMILES string of the molecule is COCC(O)CCNC(=O)C1C2C=CC(C2)C1C(=O)O. The predicted octanol–water partition coefficient (Wildman–Crippen LogP) is 0.0229. The Hall–Kier alpha value is -1.40. The van der Waals surface area contributed by atoms with Crippen LogP contribution in [0.3, 0.4) is 0 Å². The van der Waals surface area contributed by atoms with Gasteiger partial charge in [-0.05, 0) is 24.7 Å². The van der Waals surface area contributed by atoms with Gasteiger partial charge in [-0.3, -0.25) is 9.59 Å². The second-order valence-corrected chi connectivity index (χ2v) is 5.53. The van der Waals surface area contributed by atoms with Gasteiger partial charge < -0.3 is 20.3 Å². The van der Waals surface area contributed by atoms with E-state index in [1.54, 1.807) is 0 Å². The standard InChI is InChI=1S/C14H21NO5/c1-20-7-10(16)4-5-15-13(17)11-8-2-3-9(6-8)12(11)14(18)19/h2-3,8-12,16H,4-7H2,1H3,(H,15,17)(H,18,19). The van der Waals surface area contributed by atoms with Crippen LogP contribution in [0.15, 0.2) is 12.2 Å². The summed E-state index contributed by atoms with van der Waals surface area (Å²) in [7, 11) is 1.50. The summed E-state index contributed by atoms with van der Waals surface area (Å²) < 4.78 is 4.80. The lowest BCUT2D eigenvalue weighted by atomic mass is 9.82. The molecule has 0 heterocycles. The first-order valence-corrected chi connectivity index (χ1v) is 6.90. The van der Waals surface area contributed by atoms with Gasteiger partial charge in [-0.15, -0.1) is 0 Å². The number of methoxy groups -OCH3 is 1. The molecule has 0 aliphatic heterocycles. The summed E-state index contributed by atoms with van der Waals surface area (Å²) in [4.78, 5) is 23.5. The Morgan fingerprint density at radius 3 is 2.60 bits per heavy atom. The summed E-state index contributed by atoms with van der Waals surface area (Å²) in [5, 5.41) is 21.5. The number of fused-ring (bicyclic) bond motifs is 2. The Morgan fingerprint density at radius 1 is 1.35 bits per heavy atom. The number of allylic oxidation sites excluding steroid dienone is 2. The van der Waals surface area contributed by atoms with Gasteiger partial charge in [0.25, 0.3) is 0 Å². The average Bonchev–Trinajstić information content (AvgIpc) is 2.98. The number of carbonyl (C=O) groups is 2. The maximum Gasteiger partial charge on any atom is 0.307 e. The smallest absolute Gasteiger partial charge is 0.307 e. The number of amides is 1. The molecule has 0 radical (unpaired) electrons. The normalized spacial score (nSPS) is 32.3. The maximum absolute atomic E-state index is 12.2. The first-order valence-electron chi connectivity index (χ1n) is 6.90. The van der Waals surface area contributed by atoms with Crippen LogP contribution in [0.4, 0.5) is 0 Å². The minimum Gasteiger partial charge on any atom is -0.481 e. The quantitative estimate of drug-likeness (QED) is 0.573. The van der Waals surface area contributed by atoms with E-state index in [0.29, 0.717) is 13.0 Å². The number of aliphatic hydroxyl groups excluding tert-OH is 1. The van der Waals surface area contributed by atoms with Gasteiger partial charge in [0.15, 0.2) is 0 Å². The molecular weight excluding hydrogens is 262 g/mol. The molecule has 112 valence electrons. The van der Waals surface area contributed by atoms with Crippen molar-refractivity contribution in [1.29, 1.82) is 0 Å². The monoisotopic (exact) mass is 283 g/mol. The van der Waals surface area contributed by atoms with E-state index in [1.807, 2.05) is 12.2 Å². The molecule has 0 aromatic rings. The van der Waals surface area contributed by atoms with Crippen molar-refractivity contribution in [2.24, 2.45) is 23.7 Å². The van der Waals surface area contributed by atoms with E-state index in [2.05, 4.69) is 5.32 Å². The lowest BCUT2D eigenvalue weighted by Gasteiger charge is -2.24. The fourth-order valence-electron chi connectivity index (χ4n) is 3.27. The number of aliphatic hydroxyl groups is 1. The lowest BCUT2D eigenvalue weighted by Crippen LogP contribution is -2.41. The highest BCUT2D eigenvalue weighted by Gasteiger charge is 2.51. The van der Waals surface area contributed by atoms with Crippen LogP contribution in [0.2, 0.25) is 0 Å². The molecular formula is C14H21NO5. The van der Waals surface area contributed by atoms with E-state index >= 15 is 0 Å². The summed E-state index contributed by atoms with van der Waals surface area (Å²) in [5.74, 6) is -2.21. The Morgan fingerprint density at radius 2 is 2.00 bits per heavy atom. The van der Waals surface area contributed by atoms with Crippen molar-refractivity contribution < 1.29 is 24.5 Å². The van der Waals surface area contributed by atoms with E-state index in [0.717, 1.165) is 6.42 Å². The third kappa shape index (κ3) is 3.02. The molecule has 0 saturated heterocycles. The van der Waals surface area contributed by atoms with Crippen LogP contribution < -0.4 is 5.32 Å². The molecule has 0 spiro atoms. The predicted molar refractivity (Wildman–Crippen MR) is 70.9 cm³/mol. The highest BCUT2D eigenvalue weighted by atomic mass is 16.5. The van der Waals surface area contributed by atoms with E-state index in [-0.39, 0.29) is 24.3 Å². The number of carboxylic acid groups (broad SMARTS) is 1. The number of ether oxygens (including phenoxy) is 1. The molecule has 1 fully saturated rings. The summed E-state index contributed by atoms with van der Waals surface area (Å²) >= 11 is 0. The van der Waals surface area contributed by atoms with Gasteiger partial charge >= 0.3 is 5.97 Å². The third-order valence-electron chi connectivity index (χ3n) is 4.18. The lowest BCUT2D eigenvalue weighted by molar-refractivity contribution is -0.147. The van der Waals surface area contributed by atoms with Gasteiger partial charge in [0.1, 0.15) is 0 Å². The van der Waals surface area contributed by atoms with Crippen LogP contribution in [-0.4, -0.2) is 48.5 Å². The third-order valence-corrected chi connectivity index (χ3v) is 4.18. The average molecular weight is 283 g/mol. The van der Waals surface area contributed by atoms with Crippen molar-refractivity contribution in [2.45, 2.75) is 18.9 Å². The van der Waals surface area contributed by atoms with Gasteiger partial charge in [-0.2, -0.15) is 0 Å². The van der Waals surface area contributed by atoms with Crippen LogP contribution in [0.1, 0.15) is 12.8 Å². The molecule has 20 heavy (non-hydrogen) atoms. The van der Waals surface area contributed by atoms with Crippen molar-refractivity contribution >= 4 is 11.9 Å². The Balaban J connectivity index is 1.86. The number of aliphatic carboxylic acids is 1. The van der Waals surface area contributed by atoms with Crippen LogP contribution >= 0.6 is 0 Å². The van der Waals surface area contributed by atoms with E-state index in [9.17, 15) is 19.8 Å². The maximum atomic E-state index is 12.2. The van der Waals surface area contributed by atoms with E-state index < -0.39 is 23.9 Å². The number of nitrogens with one attached hydrogen (secondary N) is 1. The molecule has 2 bridgehead atoms. The molecule has 6 heteroatoms. The fourth-order valence-corrected chi connectivity index (χ4v) is 3.27. The number of rotatable bonds is 7. The first-order chi connectivity index (χ1) is 9.54. The molecule has 2 rings (SSSR count). The molecule has 5 unspecified atom stereocenters. The molecule has 2 aliphatic rings. The highest BCUT2D eigenvalue weighted by Crippen LogP contribution is 2.48. The number of carbonyl (C=O) groups excluding carboxylic acids is 1. The number of hydrogen-bond acceptors (Lipinski definition) is 4. The zero-order valence-corrected chi connectivity index (χ0v) is 11.5. The van der Waals surface area contributed by atoms with Crippen LogP contribution in [0.5, 0.6) is 0 Å². The van der Waals surface area contributed by atoms with Crippen LogP contribution in [0, 0.1) is 23.7 Å². The highest BCUT2D eigenvalue weighted by molar-refractivity contribution is 5.86. The molecule has 2 aliphatic carbocycles. The topological polar surface area (TPSA) is 95.9 Å². The van der Waals surface area contributed by atoms with Gasteiger partial charge in [0.05, 0.1) is 24.5 Å². The molecule has 6 nitrogen and oxygen atoms in total. The van der Waals surface area contributed by atoms with Gasteiger partial charge in [-0.25, -0.2) is 0 Å². The minimum atomic E-state index is -0.901. The Kier molecular flexibility index (Phi) is 4.77. The van der Waals surface area contributed by atoms with E-state index in [4.69, 9.17) is 4.74 Å². The van der Waals surface area contributed by atoms with Crippen molar-refractivity contribution in [3.63, 3.8) is 0 Å². The molecule has 0 aromatic carbocycles. The number of hydrogen-bond donors (Lipinski definition) is 3. The van der Waals surface area contributed by atoms with E-state index in [1.165, 1.54) is 7.11 Å². The summed E-state index contributed by atoms with van der Waals surface area (Å²) in [6.45, 7) is 0.553. The van der Waals surface area contributed by atoms with Gasteiger partial charge in [-0.1, -0.05) is 12.2 Å². The summed E-state index contributed by atoms with van der Waals surface area (Å²) in [6, 6.07) is 0. The molecule has 0 aromatic heterocycles. The van der Waals surface area contributed by atoms with Crippen molar-refractivity contribution in [3.05, 3.63) is 12.2 Å². The summed E-state index contributed by atoms with van der Waals surface area (Å²) in [6.07, 6.45) is 4.40. The van der Waals surface area contributed by atoms with Crippen LogP contribution in [0.25, 0.3) is 0 Å². The summed E-state index contributed by atoms with van der Waals surface area (Å²) in [5.41, 5.74) is 0. The largest absolute Gasteiger partial charge is 0.481 e. The minimum absolute atomic E-state index is 0.0210. The van der Waals surface area contributed by atoms with Crippen molar-refractivity contribution in [2.75, 3.05) is 20.3 Å². The zero-order chi connectivity index (χ0) is 14.7. The zero-order valence-electron chi connectivity index (χ0n) is 11.5. The van der Waals surface area contributed by atoms with Gasteiger partial charge in [0, 0.05) is 13.7 Å². The Labute approximate surface area is 117 Å². The van der Waals surface area contributed by atoms with Crippen molar-refractivity contribution in [3.8, 4) is 0 Å². The molecule has 3 N–H and O–H groups in total. The van der Waals surface area contributed by atoms with Gasteiger partial charge in [0.2, 0.25) is 5.91 Å². The molecule has 1 amide bonds. The first kappa shape index (κ1) is 15.0. The molecule has 1 saturated carbocycles. The Bertz CT molecular complexity index is 408.